The zero-order valence-corrected chi connectivity index (χ0v) is 11.1. The zero-order valence-electron chi connectivity index (χ0n) is 11.1. The normalized spacial score (nSPS) is 16.2. The first kappa shape index (κ1) is 13.0. The molecule has 3 rings (SSSR count). The van der Waals surface area contributed by atoms with Gasteiger partial charge in [-0.15, -0.1) is 0 Å². The van der Waals surface area contributed by atoms with Crippen LogP contribution in [0.3, 0.4) is 0 Å². The summed E-state index contributed by atoms with van der Waals surface area (Å²) in [6, 6.07) is 9.68. The summed E-state index contributed by atoms with van der Waals surface area (Å²) in [4.78, 5) is 15.6. The predicted octanol–water partition coefficient (Wildman–Crippen LogP) is 1.82. The molecule has 1 aliphatic rings. The zero-order chi connectivity index (χ0) is 13.9. The third kappa shape index (κ3) is 2.50. The summed E-state index contributed by atoms with van der Waals surface area (Å²) < 4.78 is 0. The molecule has 1 aromatic heterocycles. The van der Waals surface area contributed by atoms with Crippen LogP contribution in [0.25, 0.3) is 10.9 Å². The number of benzene rings is 1. The number of nitrogens with one attached hydrogen (secondary N) is 2. The van der Waals surface area contributed by atoms with Gasteiger partial charge in [-0.25, -0.2) is 10.5 Å². The number of carbonyl (C=O) groups is 1. The van der Waals surface area contributed by atoms with Gasteiger partial charge in [0.05, 0.1) is 5.52 Å². The molecule has 3 N–H and O–H groups in total. The number of fused-ring (bicyclic) bond motifs is 1. The van der Waals surface area contributed by atoms with Crippen LogP contribution in [0, 0.1) is 0 Å². The lowest BCUT2D eigenvalue weighted by molar-refractivity contribution is 0.0701. The lowest BCUT2D eigenvalue weighted by Crippen LogP contribution is -2.26. The molecule has 1 aromatic carbocycles. The number of aromatic nitrogens is 1. The number of hydrogen-bond acceptors (Lipinski definition) is 4. The molecule has 1 fully saturated rings. The molecular formula is C15H17N3O2. The van der Waals surface area contributed by atoms with Gasteiger partial charge in [-0.05, 0) is 55.6 Å². The van der Waals surface area contributed by atoms with Crippen molar-refractivity contribution >= 4 is 16.8 Å². The van der Waals surface area contributed by atoms with Crippen molar-refractivity contribution in [3.63, 3.8) is 0 Å². The number of hydrogen-bond donors (Lipinski definition) is 3. The highest BCUT2D eigenvalue weighted by Crippen LogP contribution is 2.27. The van der Waals surface area contributed by atoms with E-state index in [0.29, 0.717) is 5.92 Å². The lowest BCUT2D eigenvalue weighted by atomic mass is 9.89. The fourth-order valence-corrected chi connectivity index (χ4v) is 2.74. The number of hydroxylamine groups is 1. The van der Waals surface area contributed by atoms with Crippen molar-refractivity contribution in [1.29, 1.82) is 0 Å². The summed E-state index contributed by atoms with van der Waals surface area (Å²) in [6.07, 6.45) is 2.31. The van der Waals surface area contributed by atoms with Gasteiger partial charge < -0.3 is 5.32 Å². The Morgan fingerprint density at radius 3 is 2.80 bits per heavy atom. The molecule has 0 atom stereocenters. The Morgan fingerprint density at radius 1 is 1.25 bits per heavy atom. The minimum Gasteiger partial charge on any atom is -0.317 e. The molecule has 0 spiro atoms. The lowest BCUT2D eigenvalue weighted by Gasteiger charge is -2.23. The summed E-state index contributed by atoms with van der Waals surface area (Å²) in [5, 5.41) is 13.0. The maximum Gasteiger partial charge on any atom is 0.293 e. The fraction of sp³-hybridized carbons (Fsp3) is 0.333. The largest absolute Gasteiger partial charge is 0.317 e. The molecule has 20 heavy (non-hydrogen) atoms. The van der Waals surface area contributed by atoms with Crippen LogP contribution in [0.15, 0.2) is 30.3 Å². The molecular weight excluding hydrogens is 254 g/mol. The van der Waals surface area contributed by atoms with E-state index in [1.807, 2.05) is 12.1 Å². The van der Waals surface area contributed by atoms with E-state index in [9.17, 15) is 4.79 Å². The summed E-state index contributed by atoms with van der Waals surface area (Å²) >= 11 is 0. The Morgan fingerprint density at radius 2 is 2.05 bits per heavy atom. The van der Waals surface area contributed by atoms with Crippen molar-refractivity contribution in [2.75, 3.05) is 13.1 Å². The Labute approximate surface area is 117 Å². The molecule has 5 nitrogen and oxygen atoms in total. The first-order valence-electron chi connectivity index (χ1n) is 6.84. The first-order valence-corrected chi connectivity index (χ1v) is 6.84. The van der Waals surface area contributed by atoms with Gasteiger partial charge in [-0.3, -0.25) is 10.0 Å². The van der Waals surface area contributed by atoms with Gasteiger partial charge in [-0.2, -0.15) is 0 Å². The molecule has 1 saturated heterocycles. The Kier molecular flexibility index (Phi) is 3.62. The predicted molar refractivity (Wildman–Crippen MR) is 75.8 cm³/mol. The molecule has 0 saturated carbocycles. The average Bonchev–Trinajstić information content (AvgIpc) is 2.54. The van der Waals surface area contributed by atoms with E-state index in [1.165, 1.54) is 5.56 Å². The van der Waals surface area contributed by atoms with Gasteiger partial charge in [0.1, 0.15) is 5.69 Å². The summed E-state index contributed by atoms with van der Waals surface area (Å²) in [6.45, 7) is 2.13. The monoisotopic (exact) mass is 271 g/mol. The van der Waals surface area contributed by atoms with Gasteiger partial charge in [-0.1, -0.05) is 12.1 Å². The maximum absolute atomic E-state index is 11.3. The van der Waals surface area contributed by atoms with Crippen LogP contribution in [0.1, 0.15) is 34.8 Å². The Hall–Kier alpha value is -1.98. The van der Waals surface area contributed by atoms with E-state index in [2.05, 4.69) is 22.4 Å². The number of carbonyl (C=O) groups excluding carboxylic acids is 1. The van der Waals surface area contributed by atoms with E-state index in [4.69, 9.17) is 5.21 Å². The molecule has 0 aliphatic carbocycles. The van der Waals surface area contributed by atoms with Crippen molar-refractivity contribution in [1.82, 2.24) is 15.8 Å². The second-order valence-electron chi connectivity index (χ2n) is 5.11. The smallest absolute Gasteiger partial charge is 0.293 e. The van der Waals surface area contributed by atoms with Crippen LogP contribution in [-0.2, 0) is 0 Å². The van der Waals surface area contributed by atoms with Gasteiger partial charge in [0.15, 0.2) is 0 Å². The van der Waals surface area contributed by atoms with Crippen molar-refractivity contribution in [2.24, 2.45) is 0 Å². The van der Waals surface area contributed by atoms with Gasteiger partial charge in [0.25, 0.3) is 5.91 Å². The molecule has 2 heterocycles. The number of amides is 1. The van der Waals surface area contributed by atoms with E-state index >= 15 is 0 Å². The van der Waals surface area contributed by atoms with Crippen LogP contribution >= 0.6 is 0 Å². The van der Waals surface area contributed by atoms with Gasteiger partial charge in [0.2, 0.25) is 0 Å². The highest BCUT2D eigenvalue weighted by Gasteiger charge is 2.15. The number of pyridine rings is 1. The van der Waals surface area contributed by atoms with Crippen molar-refractivity contribution < 1.29 is 10.0 Å². The molecule has 104 valence electrons. The molecule has 5 heteroatoms. The molecule has 0 radical (unpaired) electrons. The first-order chi connectivity index (χ1) is 9.78. The van der Waals surface area contributed by atoms with Crippen LogP contribution in [-0.4, -0.2) is 29.2 Å². The van der Waals surface area contributed by atoms with Crippen molar-refractivity contribution in [3.05, 3.63) is 41.6 Å². The Balaban J connectivity index is 1.93. The quantitative estimate of drug-likeness (QED) is 0.575. The third-order valence-corrected chi connectivity index (χ3v) is 3.86. The van der Waals surface area contributed by atoms with Crippen molar-refractivity contribution in [3.8, 4) is 0 Å². The second kappa shape index (κ2) is 5.56. The molecule has 1 aliphatic heterocycles. The minimum absolute atomic E-state index is 0.217. The molecule has 0 bridgehead atoms. The summed E-state index contributed by atoms with van der Waals surface area (Å²) in [7, 11) is 0. The van der Waals surface area contributed by atoms with E-state index < -0.39 is 5.91 Å². The van der Waals surface area contributed by atoms with E-state index in [-0.39, 0.29) is 5.69 Å². The van der Waals surface area contributed by atoms with Crippen LogP contribution in [0.2, 0.25) is 0 Å². The third-order valence-electron chi connectivity index (χ3n) is 3.86. The topological polar surface area (TPSA) is 74.2 Å². The summed E-state index contributed by atoms with van der Waals surface area (Å²) in [5.74, 6) is 0.00963. The average molecular weight is 271 g/mol. The standard InChI is InChI=1S/C15H17N3O2/c19-15(18-20)14-4-2-12-9-11(1-3-13(12)17-14)10-5-7-16-8-6-10/h1-4,9-10,16,20H,5-8H2,(H,18,19). The van der Waals surface area contributed by atoms with Gasteiger partial charge >= 0.3 is 0 Å². The minimum atomic E-state index is -0.589. The molecule has 1 amide bonds. The van der Waals surface area contributed by atoms with Crippen LogP contribution in [0.5, 0.6) is 0 Å². The van der Waals surface area contributed by atoms with Crippen molar-refractivity contribution in [2.45, 2.75) is 18.8 Å². The highest BCUT2D eigenvalue weighted by molar-refractivity contribution is 5.94. The maximum atomic E-state index is 11.3. The SMILES string of the molecule is O=C(NO)c1ccc2cc(C3CCNCC3)ccc2n1. The number of nitrogens with zero attached hydrogens (tertiary/aromatic N) is 1. The second-order valence-corrected chi connectivity index (χ2v) is 5.11. The fourth-order valence-electron chi connectivity index (χ4n) is 2.74. The molecule has 0 unspecified atom stereocenters. The van der Waals surface area contributed by atoms with Crippen LogP contribution < -0.4 is 10.8 Å². The van der Waals surface area contributed by atoms with E-state index in [0.717, 1.165) is 36.8 Å². The Bertz CT molecular complexity index is 636. The number of rotatable bonds is 2. The highest BCUT2D eigenvalue weighted by atomic mass is 16.5. The van der Waals surface area contributed by atoms with E-state index in [1.54, 1.807) is 11.5 Å². The van der Waals surface area contributed by atoms with Crippen LogP contribution in [0.4, 0.5) is 0 Å². The number of piperidine rings is 1. The summed E-state index contributed by atoms with van der Waals surface area (Å²) in [5.41, 5.74) is 3.92. The molecule has 2 aromatic rings. The van der Waals surface area contributed by atoms with Gasteiger partial charge in [0, 0.05) is 5.39 Å².